The van der Waals surface area contributed by atoms with Gasteiger partial charge in [0.2, 0.25) is 0 Å². The number of aryl methyl sites for hydroxylation is 2. The number of carbonyl (C=O) groups is 1. The number of ether oxygens (including phenoxy) is 1. The Balaban J connectivity index is 2.57. The van der Waals surface area contributed by atoms with Crippen molar-refractivity contribution in [1.82, 2.24) is 9.78 Å². The first kappa shape index (κ1) is 13.3. The van der Waals surface area contributed by atoms with Crippen LogP contribution in [-0.4, -0.2) is 22.4 Å². The molecular weight excluding hydrogens is 240 g/mol. The van der Waals surface area contributed by atoms with E-state index in [0.29, 0.717) is 12.3 Å². The number of rotatable bonds is 3. The summed E-state index contributed by atoms with van der Waals surface area (Å²) >= 11 is 0. The smallest absolute Gasteiger partial charge is 0.357 e. The molecule has 100 valence electrons. The molecule has 2 aromatic rings. The van der Waals surface area contributed by atoms with Gasteiger partial charge in [0.05, 0.1) is 18.0 Å². The second-order valence-corrected chi connectivity index (χ2v) is 4.53. The van der Waals surface area contributed by atoms with Crippen LogP contribution in [0.2, 0.25) is 0 Å². The minimum Gasteiger partial charge on any atom is -0.461 e. The fourth-order valence-electron chi connectivity index (χ4n) is 1.99. The van der Waals surface area contributed by atoms with Gasteiger partial charge < -0.3 is 4.74 Å². The average molecular weight is 258 g/mol. The number of esters is 1. The Morgan fingerprint density at radius 2 is 2.05 bits per heavy atom. The zero-order valence-electron chi connectivity index (χ0n) is 11.7. The lowest BCUT2D eigenvalue weighted by atomic mass is 10.2. The minimum atomic E-state index is -0.331. The third-order valence-electron chi connectivity index (χ3n) is 3.07. The van der Waals surface area contributed by atoms with Gasteiger partial charge in [0.15, 0.2) is 5.69 Å². The molecule has 0 aliphatic heterocycles. The predicted octanol–water partition coefficient (Wildman–Crippen LogP) is 2.97. The Hall–Kier alpha value is -2.10. The highest BCUT2D eigenvalue weighted by Gasteiger charge is 2.20. The van der Waals surface area contributed by atoms with Gasteiger partial charge in [-0.05, 0) is 45.4 Å². The summed E-state index contributed by atoms with van der Waals surface area (Å²) in [5.41, 5.74) is 4.20. The topological polar surface area (TPSA) is 44.1 Å². The van der Waals surface area contributed by atoms with Crippen LogP contribution in [0.1, 0.15) is 34.2 Å². The molecule has 1 aromatic carbocycles. The molecule has 0 unspecified atom stereocenters. The van der Waals surface area contributed by atoms with Crippen LogP contribution < -0.4 is 0 Å². The molecule has 0 saturated heterocycles. The van der Waals surface area contributed by atoms with Crippen LogP contribution in [0.5, 0.6) is 0 Å². The lowest BCUT2D eigenvalue weighted by Gasteiger charge is -2.08. The molecule has 0 bridgehead atoms. The Morgan fingerprint density at radius 1 is 1.32 bits per heavy atom. The average Bonchev–Trinajstić information content (AvgIpc) is 2.66. The molecule has 0 aliphatic rings. The Bertz CT molecular complexity index is 615. The lowest BCUT2D eigenvalue weighted by Crippen LogP contribution is -2.13. The zero-order valence-corrected chi connectivity index (χ0v) is 11.7. The molecule has 0 aliphatic carbocycles. The fourth-order valence-corrected chi connectivity index (χ4v) is 1.99. The van der Waals surface area contributed by atoms with E-state index in [-0.39, 0.29) is 5.97 Å². The number of benzene rings is 1. The highest BCUT2D eigenvalue weighted by Crippen LogP contribution is 2.19. The Kier molecular flexibility index (Phi) is 3.69. The van der Waals surface area contributed by atoms with E-state index in [0.717, 1.165) is 22.5 Å². The van der Waals surface area contributed by atoms with Crippen molar-refractivity contribution in [3.63, 3.8) is 0 Å². The van der Waals surface area contributed by atoms with E-state index in [4.69, 9.17) is 4.74 Å². The minimum absolute atomic E-state index is 0.331. The largest absolute Gasteiger partial charge is 0.461 e. The van der Waals surface area contributed by atoms with Gasteiger partial charge in [0.1, 0.15) is 0 Å². The number of nitrogens with zero attached hydrogens (tertiary/aromatic N) is 2. The van der Waals surface area contributed by atoms with Crippen molar-refractivity contribution >= 4 is 5.97 Å². The summed E-state index contributed by atoms with van der Waals surface area (Å²) in [5.74, 6) is -0.331. The second kappa shape index (κ2) is 5.26. The lowest BCUT2D eigenvalue weighted by molar-refractivity contribution is 0.0515. The molecule has 1 aromatic heterocycles. The highest BCUT2D eigenvalue weighted by atomic mass is 16.5. The van der Waals surface area contributed by atoms with Crippen LogP contribution in [0.3, 0.4) is 0 Å². The van der Waals surface area contributed by atoms with Gasteiger partial charge in [-0.25, -0.2) is 9.48 Å². The van der Waals surface area contributed by atoms with Crippen molar-refractivity contribution in [3.8, 4) is 5.69 Å². The third kappa shape index (κ3) is 2.52. The third-order valence-corrected chi connectivity index (χ3v) is 3.07. The molecule has 0 fully saturated rings. The molecule has 19 heavy (non-hydrogen) atoms. The molecule has 0 N–H and O–H groups in total. The SMILES string of the molecule is CCOC(=O)c1c(C)c(C)nn1-c1cccc(C)c1. The quantitative estimate of drug-likeness (QED) is 0.795. The summed E-state index contributed by atoms with van der Waals surface area (Å²) in [6.45, 7) is 7.95. The van der Waals surface area contributed by atoms with E-state index < -0.39 is 0 Å². The zero-order chi connectivity index (χ0) is 14.0. The molecule has 4 nitrogen and oxygen atoms in total. The molecule has 0 atom stereocenters. The van der Waals surface area contributed by atoms with Crippen LogP contribution in [0.4, 0.5) is 0 Å². The molecule has 4 heteroatoms. The Labute approximate surface area is 113 Å². The Morgan fingerprint density at radius 3 is 2.68 bits per heavy atom. The summed E-state index contributed by atoms with van der Waals surface area (Å²) in [5, 5.41) is 4.44. The summed E-state index contributed by atoms with van der Waals surface area (Å²) < 4.78 is 6.78. The van der Waals surface area contributed by atoms with Crippen LogP contribution in [0.25, 0.3) is 5.69 Å². The van der Waals surface area contributed by atoms with Gasteiger partial charge in [-0.3, -0.25) is 0 Å². The van der Waals surface area contributed by atoms with Crippen LogP contribution >= 0.6 is 0 Å². The van der Waals surface area contributed by atoms with Crippen LogP contribution in [-0.2, 0) is 4.74 Å². The van der Waals surface area contributed by atoms with Crippen molar-refractivity contribution in [3.05, 3.63) is 46.8 Å². The number of hydrogen-bond donors (Lipinski definition) is 0. The van der Waals surface area contributed by atoms with Crippen LogP contribution in [0.15, 0.2) is 24.3 Å². The monoisotopic (exact) mass is 258 g/mol. The maximum atomic E-state index is 12.1. The van der Waals surface area contributed by atoms with E-state index in [2.05, 4.69) is 5.10 Å². The molecular formula is C15H18N2O2. The summed E-state index contributed by atoms with van der Waals surface area (Å²) in [6, 6.07) is 7.89. The van der Waals surface area contributed by atoms with E-state index in [1.54, 1.807) is 11.6 Å². The summed E-state index contributed by atoms with van der Waals surface area (Å²) in [7, 11) is 0. The van der Waals surface area contributed by atoms with Gasteiger partial charge in [-0.1, -0.05) is 12.1 Å². The maximum Gasteiger partial charge on any atom is 0.357 e. The van der Waals surface area contributed by atoms with Crippen molar-refractivity contribution in [2.75, 3.05) is 6.61 Å². The van der Waals surface area contributed by atoms with Gasteiger partial charge >= 0.3 is 5.97 Å². The predicted molar refractivity (Wildman–Crippen MR) is 73.7 cm³/mol. The number of carbonyl (C=O) groups excluding carboxylic acids is 1. The molecule has 1 heterocycles. The fraction of sp³-hybridized carbons (Fsp3) is 0.333. The second-order valence-electron chi connectivity index (χ2n) is 4.53. The van der Waals surface area contributed by atoms with Crippen molar-refractivity contribution in [2.24, 2.45) is 0 Å². The van der Waals surface area contributed by atoms with Gasteiger partial charge in [0.25, 0.3) is 0 Å². The number of aromatic nitrogens is 2. The molecule has 2 rings (SSSR count). The summed E-state index contributed by atoms with van der Waals surface area (Å²) in [6.07, 6.45) is 0. The standard InChI is InChI=1S/C15H18N2O2/c1-5-19-15(18)14-11(3)12(4)16-17(14)13-8-6-7-10(2)9-13/h6-9H,5H2,1-4H3. The van der Waals surface area contributed by atoms with Gasteiger partial charge in [-0.15, -0.1) is 0 Å². The normalized spacial score (nSPS) is 10.5. The van der Waals surface area contributed by atoms with Gasteiger partial charge in [0, 0.05) is 5.56 Å². The first-order chi connectivity index (χ1) is 9.04. The first-order valence-electron chi connectivity index (χ1n) is 6.35. The van der Waals surface area contributed by atoms with Crippen molar-refractivity contribution in [1.29, 1.82) is 0 Å². The number of hydrogen-bond acceptors (Lipinski definition) is 3. The molecule has 0 radical (unpaired) electrons. The van der Waals surface area contributed by atoms with E-state index in [9.17, 15) is 4.79 Å². The van der Waals surface area contributed by atoms with Crippen LogP contribution in [0, 0.1) is 20.8 Å². The van der Waals surface area contributed by atoms with Crippen molar-refractivity contribution < 1.29 is 9.53 Å². The van der Waals surface area contributed by atoms with E-state index in [1.807, 2.05) is 45.0 Å². The highest BCUT2D eigenvalue weighted by molar-refractivity contribution is 5.90. The van der Waals surface area contributed by atoms with E-state index >= 15 is 0 Å². The first-order valence-corrected chi connectivity index (χ1v) is 6.35. The molecule has 0 saturated carbocycles. The summed E-state index contributed by atoms with van der Waals surface area (Å²) in [4.78, 5) is 12.1. The van der Waals surface area contributed by atoms with Gasteiger partial charge in [-0.2, -0.15) is 5.10 Å². The maximum absolute atomic E-state index is 12.1. The molecule has 0 amide bonds. The molecule has 0 spiro atoms. The van der Waals surface area contributed by atoms with E-state index in [1.165, 1.54) is 0 Å². The van der Waals surface area contributed by atoms with Crippen molar-refractivity contribution in [2.45, 2.75) is 27.7 Å².